The van der Waals surface area contributed by atoms with Gasteiger partial charge in [-0.1, -0.05) is 0 Å². The summed E-state index contributed by atoms with van der Waals surface area (Å²) in [5.41, 5.74) is 0.104. The van der Waals surface area contributed by atoms with Gasteiger partial charge < -0.3 is 19.4 Å². The number of carbonyl (C=O) groups is 4. The molecule has 0 spiro atoms. The zero-order valence-corrected chi connectivity index (χ0v) is 14.7. The van der Waals surface area contributed by atoms with E-state index in [4.69, 9.17) is 14.6 Å². The van der Waals surface area contributed by atoms with Crippen molar-refractivity contribution < 1.29 is 38.6 Å². The van der Waals surface area contributed by atoms with Crippen molar-refractivity contribution in [2.45, 2.75) is 52.7 Å². The van der Waals surface area contributed by atoms with Crippen molar-refractivity contribution in [3.8, 4) is 0 Å². The van der Waals surface area contributed by atoms with Crippen molar-refractivity contribution in [2.75, 3.05) is 13.1 Å². The second kappa shape index (κ2) is 8.37. The van der Waals surface area contributed by atoms with E-state index in [1.807, 2.05) is 0 Å². The Hall–Kier alpha value is -2.52. The number of carboxylic acid groups (broad SMARTS) is 1. The van der Waals surface area contributed by atoms with Gasteiger partial charge in [0.2, 0.25) is 0 Å². The van der Waals surface area contributed by atoms with Crippen LogP contribution in [-0.2, 0) is 23.9 Å². The Kier molecular flexibility index (Phi) is 7.49. The van der Waals surface area contributed by atoms with Crippen LogP contribution in [0.2, 0.25) is 0 Å². The molecule has 10 heteroatoms. The molecule has 138 valence electrons. The van der Waals surface area contributed by atoms with Gasteiger partial charge in [-0.05, 0) is 41.5 Å². The fraction of sp³-hybridized carbons (Fsp3) is 0.714. The van der Waals surface area contributed by atoms with Crippen LogP contribution < -0.4 is 5.48 Å². The van der Waals surface area contributed by atoms with E-state index in [2.05, 4.69) is 4.84 Å². The molecule has 2 amide bonds. The van der Waals surface area contributed by atoms with E-state index in [-0.39, 0.29) is 0 Å². The molecule has 0 heterocycles. The number of aliphatic carboxylic acids is 1. The largest absolute Gasteiger partial charge is 0.480 e. The zero-order valence-electron chi connectivity index (χ0n) is 14.7. The second-order valence-corrected chi connectivity index (χ2v) is 6.81. The van der Waals surface area contributed by atoms with E-state index < -0.39 is 48.4 Å². The fourth-order valence-electron chi connectivity index (χ4n) is 1.33. The van der Waals surface area contributed by atoms with E-state index in [0.29, 0.717) is 4.90 Å². The lowest BCUT2D eigenvalue weighted by Gasteiger charge is -2.24. The number of rotatable bonds is 4. The Bertz CT molecular complexity index is 490. The Morgan fingerprint density at radius 1 is 0.917 bits per heavy atom. The van der Waals surface area contributed by atoms with Gasteiger partial charge in [-0.25, -0.2) is 9.59 Å². The van der Waals surface area contributed by atoms with E-state index in [1.54, 1.807) is 47.0 Å². The highest BCUT2D eigenvalue weighted by Gasteiger charge is 2.26. The summed E-state index contributed by atoms with van der Waals surface area (Å²) in [7, 11) is 0. The monoisotopic (exact) mass is 348 g/mol. The molecule has 24 heavy (non-hydrogen) atoms. The molecule has 2 N–H and O–H groups in total. The number of nitrogens with zero attached hydrogens (tertiary/aromatic N) is 1. The molecule has 0 rings (SSSR count). The molecule has 0 unspecified atom stereocenters. The van der Waals surface area contributed by atoms with Gasteiger partial charge in [0.1, 0.15) is 24.3 Å². The van der Waals surface area contributed by atoms with Crippen LogP contribution in [0.15, 0.2) is 0 Å². The number of amides is 2. The predicted octanol–water partition coefficient (Wildman–Crippen LogP) is 1.29. The van der Waals surface area contributed by atoms with Crippen molar-refractivity contribution in [2.24, 2.45) is 0 Å². The summed E-state index contributed by atoms with van der Waals surface area (Å²) < 4.78 is 9.84. The minimum Gasteiger partial charge on any atom is -0.480 e. The lowest BCUT2D eigenvalue weighted by molar-refractivity contribution is -0.156. The number of carboxylic acids is 1. The van der Waals surface area contributed by atoms with E-state index in [1.165, 1.54) is 0 Å². The summed E-state index contributed by atoms with van der Waals surface area (Å²) in [4.78, 5) is 50.7. The minimum absolute atomic E-state index is 0.563. The number of hydrogen-bond donors (Lipinski definition) is 2. The van der Waals surface area contributed by atoms with Crippen LogP contribution in [0.4, 0.5) is 9.59 Å². The Morgan fingerprint density at radius 3 is 1.83 bits per heavy atom. The third-order valence-corrected chi connectivity index (χ3v) is 1.94. The highest BCUT2D eigenvalue weighted by Crippen LogP contribution is 2.08. The Labute approximate surface area is 140 Å². The number of esters is 1. The fourth-order valence-corrected chi connectivity index (χ4v) is 1.33. The van der Waals surface area contributed by atoms with Crippen LogP contribution >= 0.6 is 0 Å². The average molecular weight is 348 g/mol. The normalized spacial score (nSPS) is 11.2. The first kappa shape index (κ1) is 21.5. The maximum Gasteiger partial charge on any atom is 0.441 e. The molecule has 0 saturated carbocycles. The maximum absolute atomic E-state index is 11.8. The van der Waals surface area contributed by atoms with Crippen molar-refractivity contribution in [3.63, 3.8) is 0 Å². The molecule has 0 aliphatic heterocycles. The summed E-state index contributed by atoms with van der Waals surface area (Å²) in [6.45, 7) is 8.21. The molecule has 0 atom stereocenters. The predicted molar refractivity (Wildman–Crippen MR) is 80.9 cm³/mol. The van der Waals surface area contributed by atoms with Crippen LogP contribution in [0.25, 0.3) is 0 Å². The highest BCUT2D eigenvalue weighted by atomic mass is 16.7. The molecule has 0 aromatic rings. The van der Waals surface area contributed by atoms with Gasteiger partial charge in [-0.3, -0.25) is 14.5 Å². The van der Waals surface area contributed by atoms with Crippen molar-refractivity contribution >= 4 is 24.1 Å². The molecule has 0 fully saturated rings. The highest BCUT2D eigenvalue weighted by molar-refractivity contribution is 5.82. The number of hydrogen-bond acceptors (Lipinski definition) is 7. The molecular weight excluding hydrogens is 324 g/mol. The third kappa shape index (κ3) is 11.1. The third-order valence-electron chi connectivity index (χ3n) is 1.94. The molecular formula is C14H24N2O8. The van der Waals surface area contributed by atoms with Gasteiger partial charge in [-0.2, -0.15) is 0 Å². The average Bonchev–Trinajstić information content (AvgIpc) is 2.29. The first-order valence-corrected chi connectivity index (χ1v) is 7.08. The summed E-state index contributed by atoms with van der Waals surface area (Å²) in [5.74, 6) is -2.19. The van der Waals surface area contributed by atoms with Gasteiger partial charge in [0.25, 0.3) is 0 Å². The quantitative estimate of drug-likeness (QED) is 0.441. The van der Waals surface area contributed by atoms with Crippen LogP contribution in [0.5, 0.6) is 0 Å². The van der Waals surface area contributed by atoms with Gasteiger partial charge in [0, 0.05) is 0 Å². The van der Waals surface area contributed by atoms with Gasteiger partial charge in [-0.15, -0.1) is 5.48 Å². The molecule has 0 saturated heterocycles. The molecule has 0 bridgehead atoms. The summed E-state index contributed by atoms with van der Waals surface area (Å²) in [6.07, 6.45) is -2.28. The number of ether oxygens (including phenoxy) is 2. The Morgan fingerprint density at radius 2 is 1.42 bits per heavy atom. The summed E-state index contributed by atoms with van der Waals surface area (Å²) in [5, 5.41) is 8.79. The maximum atomic E-state index is 11.8. The van der Waals surface area contributed by atoms with E-state index in [0.717, 1.165) is 0 Å². The first-order valence-electron chi connectivity index (χ1n) is 7.08. The summed E-state index contributed by atoms with van der Waals surface area (Å²) in [6, 6.07) is 0. The SMILES string of the molecule is CC(C)(C)OC(=O)CN(CC(=O)O)C(=O)ONC(=O)OC(C)(C)C. The van der Waals surface area contributed by atoms with Gasteiger partial charge in [0.15, 0.2) is 0 Å². The minimum atomic E-state index is -1.37. The molecule has 0 aliphatic rings. The number of carbonyl (C=O) groups excluding carboxylic acids is 3. The van der Waals surface area contributed by atoms with Crippen molar-refractivity contribution in [1.29, 1.82) is 0 Å². The van der Waals surface area contributed by atoms with Crippen LogP contribution in [0.3, 0.4) is 0 Å². The lowest BCUT2D eigenvalue weighted by atomic mass is 10.2. The van der Waals surface area contributed by atoms with Crippen molar-refractivity contribution in [3.05, 3.63) is 0 Å². The van der Waals surface area contributed by atoms with Gasteiger partial charge >= 0.3 is 24.1 Å². The van der Waals surface area contributed by atoms with E-state index >= 15 is 0 Å². The van der Waals surface area contributed by atoms with Gasteiger partial charge in [0.05, 0.1) is 0 Å². The Balaban J connectivity index is 4.69. The number of nitrogens with one attached hydrogen (secondary N) is 1. The van der Waals surface area contributed by atoms with Crippen LogP contribution in [-0.4, -0.2) is 58.4 Å². The molecule has 0 aromatic heterocycles. The molecule has 0 aliphatic carbocycles. The molecule has 10 nitrogen and oxygen atoms in total. The summed E-state index contributed by atoms with van der Waals surface area (Å²) >= 11 is 0. The smallest absolute Gasteiger partial charge is 0.441 e. The molecule has 0 radical (unpaired) electrons. The lowest BCUT2D eigenvalue weighted by Crippen LogP contribution is -2.44. The second-order valence-electron chi connectivity index (χ2n) is 6.81. The molecule has 0 aromatic carbocycles. The first-order chi connectivity index (χ1) is 10.7. The van der Waals surface area contributed by atoms with Crippen LogP contribution in [0.1, 0.15) is 41.5 Å². The number of hydroxylamine groups is 1. The standard InChI is InChI=1S/C14H24N2O8/c1-13(2,3)22-10(19)8-16(7-9(17)18)12(21)24-15-11(20)23-14(4,5)6/h7-8H2,1-6H3,(H,15,20)(H,17,18). The van der Waals surface area contributed by atoms with Crippen molar-refractivity contribution in [1.82, 2.24) is 10.4 Å². The topological polar surface area (TPSA) is 131 Å². The van der Waals surface area contributed by atoms with E-state index in [9.17, 15) is 19.2 Å². The zero-order chi connectivity index (χ0) is 19.1. The van der Waals surface area contributed by atoms with Crippen LogP contribution in [0, 0.1) is 0 Å².